The summed E-state index contributed by atoms with van der Waals surface area (Å²) in [6.45, 7) is 4.63. The fraction of sp³-hybridized carbons (Fsp3) is 0.750. The van der Waals surface area contributed by atoms with Crippen molar-refractivity contribution in [2.75, 3.05) is 0 Å². The van der Waals surface area contributed by atoms with Gasteiger partial charge in [-0.25, -0.2) is 28.1 Å². The molecule has 0 aliphatic carbocycles. The van der Waals surface area contributed by atoms with Crippen molar-refractivity contribution in [3.8, 4) is 0 Å². The number of aliphatic hydroxyl groups is 3. The van der Waals surface area contributed by atoms with E-state index in [1.807, 2.05) is 0 Å². The van der Waals surface area contributed by atoms with E-state index in [0.29, 0.717) is 13.7 Å². The van der Waals surface area contributed by atoms with E-state index in [4.69, 9.17) is 0 Å². The Morgan fingerprint density at radius 1 is 0.667 bits per heavy atom. The van der Waals surface area contributed by atoms with Crippen molar-refractivity contribution in [3.63, 3.8) is 0 Å². The van der Waals surface area contributed by atoms with E-state index in [9.17, 15) is 29.7 Å². The van der Waals surface area contributed by atoms with Gasteiger partial charge in [0.1, 0.15) is 18.7 Å². The molecule has 0 saturated carbocycles. The summed E-state index contributed by atoms with van der Waals surface area (Å²) in [4.78, 5) is 36.6. The molecule has 1 aromatic rings. The molecule has 3 unspecified atom stereocenters. The van der Waals surface area contributed by atoms with Gasteiger partial charge < -0.3 is 15.3 Å². The van der Waals surface area contributed by atoms with Crippen LogP contribution in [0.3, 0.4) is 0 Å². The Morgan fingerprint density at radius 2 is 0.857 bits per heavy atom. The largest absolute Gasteiger partial charge is 0.373 e. The number of aliphatic hydroxyl groups excluding tert-OH is 3. The van der Waals surface area contributed by atoms with Crippen LogP contribution in [-0.2, 0) is 0 Å². The average molecular weight is 303 g/mol. The number of nitrogens with zero attached hydrogens (tertiary/aromatic N) is 3. The van der Waals surface area contributed by atoms with Crippen LogP contribution >= 0.6 is 0 Å². The second-order valence-electron chi connectivity index (χ2n) is 4.62. The number of hydrogen-bond acceptors (Lipinski definition) is 6. The van der Waals surface area contributed by atoms with E-state index >= 15 is 0 Å². The molecular formula is C12H21N3O6. The maximum atomic E-state index is 12.2. The Morgan fingerprint density at radius 3 is 1.00 bits per heavy atom. The summed E-state index contributed by atoms with van der Waals surface area (Å²) in [5, 5.41) is 29.4. The highest BCUT2D eigenvalue weighted by atomic mass is 16.3. The van der Waals surface area contributed by atoms with Gasteiger partial charge in [0, 0.05) is 0 Å². The number of hydrogen-bond donors (Lipinski definition) is 3. The molecule has 3 N–H and O–H groups in total. The molecule has 9 heteroatoms. The zero-order valence-electron chi connectivity index (χ0n) is 12.3. The Hall–Kier alpha value is -1.71. The monoisotopic (exact) mass is 303 g/mol. The van der Waals surface area contributed by atoms with E-state index in [-0.39, 0.29) is 19.3 Å². The third-order valence-corrected chi connectivity index (χ3v) is 3.23. The smallest absolute Gasteiger partial charge is 0.340 e. The first-order chi connectivity index (χ1) is 9.81. The lowest BCUT2D eigenvalue weighted by Gasteiger charge is -2.20. The Bertz CT molecular complexity index is 538. The maximum Gasteiger partial charge on any atom is 0.340 e. The van der Waals surface area contributed by atoms with Crippen LogP contribution in [0, 0.1) is 0 Å². The lowest BCUT2D eigenvalue weighted by Crippen LogP contribution is -2.57. The fourth-order valence-electron chi connectivity index (χ4n) is 1.91. The zero-order valence-corrected chi connectivity index (χ0v) is 12.3. The minimum atomic E-state index is -1.45. The first kappa shape index (κ1) is 17.3. The lowest BCUT2D eigenvalue weighted by atomic mass is 10.4. The Kier molecular flexibility index (Phi) is 5.64. The van der Waals surface area contributed by atoms with Crippen molar-refractivity contribution in [2.45, 2.75) is 58.7 Å². The highest BCUT2D eigenvalue weighted by Crippen LogP contribution is 2.05. The van der Waals surface area contributed by atoms with Crippen molar-refractivity contribution >= 4 is 0 Å². The summed E-state index contributed by atoms with van der Waals surface area (Å²) in [5.74, 6) is 0. The van der Waals surface area contributed by atoms with Gasteiger partial charge in [-0.15, -0.1) is 0 Å². The van der Waals surface area contributed by atoms with Gasteiger partial charge >= 0.3 is 17.1 Å². The van der Waals surface area contributed by atoms with Gasteiger partial charge in [0.15, 0.2) is 0 Å². The lowest BCUT2D eigenvalue weighted by molar-refractivity contribution is 0.0368. The zero-order chi connectivity index (χ0) is 16.3. The molecule has 0 saturated heterocycles. The number of rotatable bonds is 6. The molecule has 1 rings (SSSR count). The molecule has 0 aliphatic rings. The molecule has 1 heterocycles. The SMILES string of the molecule is CCC(O)n1c(=O)n(C(O)CC)c(=O)n(C(O)CC)c1=O. The van der Waals surface area contributed by atoms with Gasteiger partial charge in [0.2, 0.25) is 0 Å². The first-order valence-electron chi connectivity index (χ1n) is 6.85. The second kappa shape index (κ2) is 6.83. The Labute approximate surface area is 120 Å². The van der Waals surface area contributed by atoms with Crippen LogP contribution in [-0.4, -0.2) is 29.0 Å². The summed E-state index contributed by atoms with van der Waals surface area (Å²) >= 11 is 0. The number of aromatic nitrogens is 3. The van der Waals surface area contributed by atoms with E-state index in [1.165, 1.54) is 0 Å². The van der Waals surface area contributed by atoms with Crippen molar-refractivity contribution in [1.29, 1.82) is 0 Å². The van der Waals surface area contributed by atoms with Gasteiger partial charge in [0.25, 0.3) is 0 Å². The van der Waals surface area contributed by atoms with Crippen LogP contribution in [0.25, 0.3) is 0 Å². The summed E-state index contributed by atoms with van der Waals surface area (Å²) in [6.07, 6.45) is -4.18. The van der Waals surface area contributed by atoms with Gasteiger partial charge in [-0.05, 0) is 19.3 Å². The van der Waals surface area contributed by atoms with Gasteiger partial charge in [-0.2, -0.15) is 0 Å². The van der Waals surface area contributed by atoms with Gasteiger partial charge in [-0.1, -0.05) is 20.8 Å². The molecule has 0 aliphatic heterocycles. The van der Waals surface area contributed by atoms with Gasteiger partial charge in [0.05, 0.1) is 0 Å². The van der Waals surface area contributed by atoms with E-state index in [1.54, 1.807) is 20.8 Å². The maximum absolute atomic E-state index is 12.2. The molecule has 0 spiro atoms. The summed E-state index contributed by atoms with van der Waals surface area (Å²) in [6, 6.07) is 0. The quantitative estimate of drug-likeness (QED) is 0.610. The van der Waals surface area contributed by atoms with E-state index < -0.39 is 35.8 Å². The molecule has 9 nitrogen and oxygen atoms in total. The van der Waals surface area contributed by atoms with Crippen LogP contribution in [0.1, 0.15) is 58.7 Å². The van der Waals surface area contributed by atoms with Crippen molar-refractivity contribution in [1.82, 2.24) is 13.7 Å². The molecular weight excluding hydrogens is 282 g/mol. The van der Waals surface area contributed by atoms with Crippen molar-refractivity contribution in [3.05, 3.63) is 31.5 Å². The summed E-state index contributed by atoms with van der Waals surface area (Å²) in [7, 11) is 0. The predicted molar refractivity (Wildman–Crippen MR) is 73.9 cm³/mol. The predicted octanol–water partition coefficient (Wildman–Crippen LogP) is -1.13. The van der Waals surface area contributed by atoms with Crippen LogP contribution in [0.2, 0.25) is 0 Å². The molecule has 120 valence electrons. The van der Waals surface area contributed by atoms with Crippen LogP contribution < -0.4 is 17.1 Å². The topological polar surface area (TPSA) is 127 Å². The van der Waals surface area contributed by atoms with Gasteiger partial charge in [-0.3, -0.25) is 0 Å². The molecule has 0 aromatic carbocycles. The highest BCUT2D eigenvalue weighted by molar-refractivity contribution is 4.83. The average Bonchev–Trinajstić information content (AvgIpc) is 2.46. The minimum Gasteiger partial charge on any atom is -0.373 e. The second-order valence-corrected chi connectivity index (χ2v) is 4.62. The molecule has 1 aromatic heterocycles. The third kappa shape index (κ3) is 2.99. The normalized spacial score (nSPS) is 15.7. The fourth-order valence-corrected chi connectivity index (χ4v) is 1.91. The van der Waals surface area contributed by atoms with Crippen LogP contribution in [0.5, 0.6) is 0 Å². The molecule has 3 atom stereocenters. The molecule has 0 fully saturated rings. The molecule has 21 heavy (non-hydrogen) atoms. The first-order valence-corrected chi connectivity index (χ1v) is 6.85. The minimum absolute atomic E-state index is 0.0534. The van der Waals surface area contributed by atoms with Crippen LogP contribution in [0.15, 0.2) is 14.4 Å². The van der Waals surface area contributed by atoms with Crippen molar-refractivity contribution < 1.29 is 15.3 Å². The van der Waals surface area contributed by atoms with E-state index in [2.05, 4.69) is 0 Å². The van der Waals surface area contributed by atoms with E-state index in [0.717, 1.165) is 0 Å². The molecule has 0 amide bonds. The van der Waals surface area contributed by atoms with Crippen molar-refractivity contribution in [2.24, 2.45) is 0 Å². The summed E-state index contributed by atoms with van der Waals surface area (Å²) in [5.41, 5.74) is -3.31. The molecule has 0 radical (unpaired) electrons. The van der Waals surface area contributed by atoms with Crippen LogP contribution in [0.4, 0.5) is 0 Å². The highest BCUT2D eigenvalue weighted by Gasteiger charge is 2.24. The standard InChI is InChI=1S/C12H21N3O6/c1-4-7(16)13-10(19)14(8(17)5-2)12(21)15(11(13)20)9(18)6-3/h7-9,16-18H,4-6H2,1-3H3. The Balaban J connectivity index is 3.89. The summed E-state index contributed by atoms with van der Waals surface area (Å²) < 4.78 is 1.37. The molecule has 0 bridgehead atoms. The third-order valence-electron chi connectivity index (χ3n) is 3.23.